The molecule has 30 heavy (non-hydrogen) atoms. The number of furan rings is 1. The van der Waals surface area contributed by atoms with Gasteiger partial charge in [-0.3, -0.25) is 14.5 Å². The molecule has 7 heteroatoms. The highest BCUT2D eigenvalue weighted by molar-refractivity contribution is 8.18. The zero-order valence-corrected chi connectivity index (χ0v) is 16.6. The molecule has 1 saturated heterocycles. The van der Waals surface area contributed by atoms with E-state index in [0.29, 0.717) is 28.4 Å². The molecule has 1 aliphatic rings. The minimum Gasteiger partial charge on any atom is -0.492 e. The molecule has 3 aromatic rings. The lowest BCUT2D eigenvalue weighted by molar-refractivity contribution is -0.123. The van der Waals surface area contributed by atoms with E-state index in [-0.39, 0.29) is 29.2 Å². The minimum atomic E-state index is -0.378. The molecule has 6 nitrogen and oxygen atoms in total. The van der Waals surface area contributed by atoms with Gasteiger partial charge in [0.2, 0.25) is 0 Å². The van der Waals surface area contributed by atoms with Crippen molar-refractivity contribution in [3.63, 3.8) is 0 Å². The maximum Gasteiger partial charge on any atom is 0.293 e. The molecule has 0 saturated carbocycles. The SMILES string of the molecule is N#Cc1ccccc1-c1ccc(/C=C2\SC(=O)N(CCOc3ccccc3)C2=O)o1. The van der Waals surface area contributed by atoms with Crippen LogP contribution in [-0.2, 0) is 4.79 Å². The molecule has 2 amide bonds. The molecule has 4 rings (SSSR count). The van der Waals surface area contributed by atoms with Crippen LogP contribution in [0.5, 0.6) is 5.75 Å². The summed E-state index contributed by atoms with van der Waals surface area (Å²) in [5.74, 6) is 1.26. The van der Waals surface area contributed by atoms with Crippen LogP contribution in [0.25, 0.3) is 17.4 Å². The predicted octanol–water partition coefficient (Wildman–Crippen LogP) is 4.93. The molecule has 0 unspecified atom stereocenters. The summed E-state index contributed by atoms with van der Waals surface area (Å²) in [6, 6.07) is 21.9. The second kappa shape index (κ2) is 8.72. The van der Waals surface area contributed by atoms with Gasteiger partial charge in [-0.15, -0.1) is 0 Å². The number of ether oxygens (including phenoxy) is 1. The van der Waals surface area contributed by atoms with Gasteiger partial charge >= 0.3 is 0 Å². The fourth-order valence-electron chi connectivity index (χ4n) is 2.96. The Labute approximate surface area is 177 Å². The van der Waals surface area contributed by atoms with E-state index in [1.807, 2.05) is 36.4 Å². The van der Waals surface area contributed by atoms with Gasteiger partial charge in [0.05, 0.1) is 23.1 Å². The van der Waals surface area contributed by atoms with E-state index < -0.39 is 0 Å². The number of amides is 2. The molecule has 2 aromatic carbocycles. The Morgan fingerprint density at radius 1 is 1.03 bits per heavy atom. The van der Waals surface area contributed by atoms with Crippen LogP contribution >= 0.6 is 11.8 Å². The fraction of sp³-hybridized carbons (Fsp3) is 0.0870. The smallest absolute Gasteiger partial charge is 0.293 e. The molecule has 148 valence electrons. The maximum absolute atomic E-state index is 12.6. The van der Waals surface area contributed by atoms with Crippen LogP contribution in [-0.4, -0.2) is 29.2 Å². The van der Waals surface area contributed by atoms with Gasteiger partial charge in [0, 0.05) is 11.6 Å². The Bertz CT molecular complexity index is 1160. The first-order valence-electron chi connectivity index (χ1n) is 9.18. The lowest BCUT2D eigenvalue weighted by atomic mass is 10.1. The van der Waals surface area contributed by atoms with Crippen LogP contribution in [0.4, 0.5) is 4.79 Å². The number of thioether (sulfide) groups is 1. The minimum absolute atomic E-state index is 0.163. The van der Waals surface area contributed by atoms with Crippen molar-refractivity contribution in [2.45, 2.75) is 0 Å². The molecule has 0 spiro atoms. The van der Waals surface area contributed by atoms with Gasteiger partial charge < -0.3 is 9.15 Å². The Morgan fingerprint density at radius 3 is 2.60 bits per heavy atom. The number of hydrogen-bond donors (Lipinski definition) is 0. The standard InChI is InChI=1S/C23H16N2O4S/c24-15-16-6-4-5-9-19(16)20-11-10-18(29-20)14-21-22(26)25(23(27)30-21)12-13-28-17-7-2-1-3-8-17/h1-11,14H,12-13H2/b21-14-. The first-order chi connectivity index (χ1) is 14.7. The first-order valence-corrected chi connectivity index (χ1v) is 10.00. The van der Waals surface area contributed by atoms with Crippen LogP contribution in [0.3, 0.4) is 0 Å². The van der Waals surface area contributed by atoms with Crippen LogP contribution < -0.4 is 4.74 Å². The van der Waals surface area contributed by atoms with Gasteiger partial charge in [0.15, 0.2) is 0 Å². The van der Waals surface area contributed by atoms with Gasteiger partial charge in [0.25, 0.3) is 11.1 Å². The van der Waals surface area contributed by atoms with E-state index in [2.05, 4.69) is 6.07 Å². The lowest BCUT2D eigenvalue weighted by Crippen LogP contribution is -2.32. The van der Waals surface area contributed by atoms with Gasteiger partial charge in [-0.1, -0.05) is 30.3 Å². The van der Waals surface area contributed by atoms with Crippen LogP contribution in [0, 0.1) is 11.3 Å². The van der Waals surface area contributed by atoms with Gasteiger partial charge in [-0.2, -0.15) is 5.26 Å². The van der Waals surface area contributed by atoms with E-state index in [0.717, 1.165) is 16.7 Å². The van der Waals surface area contributed by atoms with Crippen LogP contribution in [0.2, 0.25) is 0 Å². The molecular weight excluding hydrogens is 400 g/mol. The number of para-hydroxylation sites is 1. The molecule has 1 aliphatic heterocycles. The highest BCUT2D eigenvalue weighted by atomic mass is 32.2. The molecule has 1 aromatic heterocycles. The van der Waals surface area contributed by atoms with Gasteiger partial charge in [-0.05, 0) is 48.2 Å². The second-order valence-corrected chi connectivity index (χ2v) is 7.35. The summed E-state index contributed by atoms with van der Waals surface area (Å²) in [7, 11) is 0. The maximum atomic E-state index is 12.6. The number of hydrogen-bond acceptors (Lipinski definition) is 6. The molecule has 0 atom stereocenters. The lowest BCUT2D eigenvalue weighted by Gasteiger charge is -2.13. The predicted molar refractivity (Wildman–Crippen MR) is 113 cm³/mol. The Morgan fingerprint density at radius 2 is 1.80 bits per heavy atom. The second-order valence-electron chi connectivity index (χ2n) is 6.35. The number of benzene rings is 2. The molecule has 0 bridgehead atoms. The van der Waals surface area contributed by atoms with E-state index in [1.54, 1.807) is 36.4 Å². The van der Waals surface area contributed by atoms with Gasteiger partial charge in [-0.25, -0.2) is 0 Å². The van der Waals surface area contributed by atoms with Crippen molar-refractivity contribution >= 4 is 29.0 Å². The Hall–Kier alpha value is -3.76. The van der Waals surface area contributed by atoms with Crippen LogP contribution in [0.15, 0.2) is 76.1 Å². The zero-order valence-electron chi connectivity index (χ0n) is 15.8. The van der Waals surface area contributed by atoms with E-state index in [4.69, 9.17) is 9.15 Å². The molecule has 0 radical (unpaired) electrons. The third kappa shape index (κ3) is 4.14. The zero-order chi connectivity index (χ0) is 20.9. The molecule has 1 fully saturated rings. The largest absolute Gasteiger partial charge is 0.492 e. The summed E-state index contributed by atoms with van der Waals surface area (Å²) in [6.07, 6.45) is 1.54. The molecule has 2 heterocycles. The highest BCUT2D eigenvalue weighted by Crippen LogP contribution is 2.33. The summed E-state index contributed by atoms with van der Waals surface area (Å²) >= 11 is 0.866. The molecular formula is C23H16N2O4S. The van der Waals surface area contributed by atoms with E-state index in [9.17, 15) is 14.9 Å². The van der Waals surface area contributed by atoms with Crippen molar-refractivity contribution < 1.29 is 18.7 Å². The van der Waals surface area contributed by atoms with Crippen molar-refractivity contribution in [1.82, 2.24) is 4.90 Å². The quantitative estimate of drug-likeness (QED) is 0.530. The van der Waals surface area contributed by atoms with Crippen molar-refractivity contribution in [2.75, 3.05) is 13.2 Å². The van der Waals surface area contributed by atoms with Crippen LogP contribution in [0.1, 0.15) is 11.3 Å². The van der Waals surface area contributed by atoms with Crippen molar-refractivity contribution in [2.24, 2.45) is 0 Å². The summed E-state index contributed by atoms with van der Waals surface area (Å²) in [4.78, 5) is 26.3. The highest BCUT2D eigenvalue weighted by Gasteiger charge is 2.35. The number of rotatable bonds is 6. The summed E-state index contributed by atoms with van der Waals surface area (Å²) in [6.45, 7) is 0.376. The normalized spacial score (nSPS) is 14.9. The summed E-state index contributed by atoms with van der Waals surface area (Å²) in [5.41, 5.74) is 1.17. The van der Waals surface area contributed by atoms with E-state index >= 15 is 0 Å². The molecule has 0 aliphatic carbocycles. The third-order valence-electron chi connectivity index (χ3n) is 4.41. The first kappa shape index (κ1) is 19.6. The number of nitriles is 1. The number of nitrogens with zero attached hydrogens (tertiary/aromatic N) is 2. The monoisotopic (exact) mass is 416 g/mol. The number of carbonyl (C=O) groups is 2. The Balaban J connectivity index is 1.45. The molecule has 0 N–H and O–H groups in total. The number of imide groups is 1. The van der Waals surface area contributed by atoms with Gasteiger partial charge in [0.1, 0.15) is 23.9 Å². The van der Waals surface area contributed by atoms with Crippen molar-refractivity contribution in [3.8, 4) is 23.1 Å². The van der Waals surface area contributed by atoms with Crippen molar-refractivity contribution in [1.29, 1.82) is 5.26 Å². The summed E-state index contributed by atoms with van der Waals surface area (Å²) in [5, 5.41) is 8.91. The van der Waals surface area contributed by atoms with E-state index in [1.165, 1.54) is 0 Å². The topological polar surface area (TPSA) is 83.5 Å². The summed E-state index contributed by atoms with van der Waals surface area (Å²) < 4.78 is 11.4. The number of carbonyl (C=O) groups excluding carboxylic acids is 2. The average Bonchev–Trinajstić information content (AvgIpc) is 3.34. The fourth-order valence-corrected chi connectivity index (χ4v) is 3.81. The van der Waals surface area contributed by atoms with Crippen molar-refractivity contribution in [3.05, 3.63) is 83.0 Å². The third-order valence-corrected chi connectivity index (χ3v) is 5.32. The average molecular weight is 416 g/mol. The Kier molecular flexibility index (Phi) is 5.68.